The third-order valence-electron chi connectivity index (χ3n) is 2.94. The lowest BCUT2D eigenvalue weighted by molar-refractivity contribution is 1.13. The van der Waals surface area contributed by atoms with E-state index in [0.29, 0.717) is 15.9 Å². The number of aromatic nitrogens is 1. The van der Waals surface area contributed by atoms with Crippen molar-refractivity contribution in [2.24, 2.45) is 5.10 Å². The number of hydrazone groups is 1. The van der Waals surface area contributed by atoms with Crippen LogP contribution in [0.25, 0.3) is 0 Å². The van der Waals surface area contributed by atoms with E-state index in [4.69, 9.17) is 23.2 Å². The summed E-state index contributed by atoms with van der Waals surface area (Å²) in [5.74, 6) is 0.477. The number of nitrogens with one attached hydrogen (secondary N) is 1. The van der Waals surface area contributed by atoms with Crippen LogP contribution < -0.4 is 10.3 Å². The Balaban J connectivity index is 2.13. The van der Waals surface area contributed by atoms with Gasteiger partial charge in [-0.1, -0.05) is 35.3 Å². The Morgan fingerprint density at radius 2 is 1.86 bits per heavy atom. The van der Waals surface area contributed by atoms with E-state index in [-0.39, 0.29) is 0 Å². The molecule has 21 heavy (non-hydrogen) atoms. The highest BCUT2D eigenvalue weighted by Gasteiger charge is 2.03. The van der Waals surface area contributed by atoms with E-state index < -0.39 is 0 Å². The number of hydrogen-bond acceptors (Lipinski definition) is 4. The molecule has 0 spiro atoms. The minimum absolute atomic E-state index is 0.432. The summed E-state index contributed by atoms with van der Waals surface area (Å²) >= 11 is 11.8. The molecule has 0 atom stereocenters. The molecule has 0 bridgehead atoms. The maximum atomic E-state index is 6.03. The lowest BCUT2D eigenvalue weighted by Gasteiger charge is -2.12. The molecule has 0 aliphatic rings. The lowest BCUT2D eigenvalue weighted by Crippen LogP contribution is -2.08. The van der Waals surface area contributed by atoms with Crippen molar-refractivity contribution in [1.29, 1.82) is 0 Å². The Morgan fingerprint density at radius 1 is 1.19 bits per heavy atom. The molecule has 0 aliphatic carbocycles. The highest BCUT2D eigenvalue weighted by molar-refractivity contribution is 6.35. The number of pyridine rings is 1. The van der Waals surface area contributed by atoms with E-state index >= 15 is 0 Å². The van der Waals surface area contributed by atoms with Gasteiger partial charge in [-0.2, -0.15) is 5.10 Å². The average molecular weight is 323 g/mol. The summed E-state index contributed by atoms with van der Waals surface area (Å²) in [5, 5.41) is 5.22. The normalized spacial score (nSPS) is 11.4. The van der Waals surface area contributed by atoms with Crippen molar-refractivity contribution >= 4 is 40.4 Å². The number of anilines is 2. The summed E-state index contributed by atoms with van der Waals surface area (Å²) in [5.41, 5.74) is 5.86. The van der Waals surface area contributed by atoms with Crippen LogP contribution in [0, 0.1) is 0 Å². The zero-order valence-corrected chi connectivity index (χ0v) is 13.6. The van der Waals surface area contributed by atoms with Crippen molar-refractivity contribution in [3.8, 4) is 0 Å². The second kappa shape index (κ2) is 6.78. The molecule has 110 valence electrons. The van der Waals surface area contributed by atoms with Crippen LogP contribution in [0.3, 0.4) is 0 Å². The van der Waals surface area contributed by atoms with E-state index in [1.54, 1.807) is 6.07 Å². The van der Waals surface area contributed by atoms with Gasteiger partial charge in [-0.3, -0.25) is 5.43 Å². The predicted molar refractivity (Wildman–Crippen MR) is 90.9 cm³/mol. The fourth-order valence-electron chi connectivity index (χ4n) is 1.70. The van der Waals surface area contributed by atoms with E-state index in [1.807, 2.05) is 50.2 Å². The topological polar surface area (TPSA) is 40.5 Å². The Labute approximate surface area is 134 Å². The van der Waals surface area contributed by atoms with Gasteiger partial charge in [0.2, 0.25) is 0 Å². The molecule has 1 aromatic carbocycles. The minimum Gasteiger partial charge on any atom is -0.378 e. The number of nitrogens with zero attached hydrogens (tertiary/aromatic N) is 3. The molecule has 0 radical (unpaired) electrons. The molecule has 4 nitrogen and oxygen atoms in total. The van der Waals surface area contributed by atoms with Crippen LogP contribution in [0.1, 0.15) is 12.5 Å². The van der Waals surface area contributed by atoms with Crippen LogP contribution in [0.2, 0.25) is 10.0 Å². The van der Waals surface area contributed by atoms with Crippen LogP contribution in [-0.2, 0) is 0 Å². The molecule has 6 heteroatoms. The minimum atomic E-state index is 0.432. The van der Waals surface area contributed by atoms with E-state index in [2.05, 4.69) is 15.5 Å². The SMILES string of the molecule is C/C(=N/Nc1ncc(Cl)cc1Cl)c1ccc(N(C)C)cc1. The number of benzene rings is 1. The summed E-state index contributed by atoms with van der Waals surface area (Å²) in [6.45, 7) is 1.92. The molecule has 2 aromatic rings. The summed E-state index contributed by atoms with van der Waals surface area (Å²) in [4.78, 5) is 6.14. The molecule has 1 N–H and O–H groups in total. The van der Waals surface area contributed by atoms with E-state index in [9.17, 15) is 0 Å². The van der Waals surface area contributed by atoms with Crippen molar-refractivity contribution in [3.05, 3.63) is 52.1 Å². The molecule has 0 saturated heterocycles. The van der Waals surface area contributed by atoms with Crippen molar-refractivity contribution in [3.63, 3.8) is 0 Å². The quantitative estimate of drug-likeness (QED) is 0.674. The zero-order chi connectivity index (χ0) is 15.4. The van der Waals surface area contributed by atoms with E-state index in [1.165, 1.54) is 6.20 Å². The highest BCUT2D eigenvalue weighted by Crippen LogP contribution is 2.22. The van der Waals surface area contributed by atoms with Crippen molar-refractivity contribution in [2.45, 2.75) is 6.92 Å². The van der Waals surface area contributed by atoms with Gasteiger partial charge in [0.1, 0.15) is 0 Å². The zero-order valence-electron chi connectivity index (χ0n) is 12.1. The first-order valence-corrected chi connectivity index (χ1v) is 7.12. The van der Waals surface area contributed by atoms with Gasteiger partial charge in [0.05, 0.1) is 15.8 Å². The largest absolute Gasteiger partial charge is 0.378 e. The molecule has 1 heterocycles. The number of hydrogen-bond donors (Lipinski definition) is 1. The maximum Gasteiger partial charge on any atom is 0.165 e. The number of rotatable bonds is 4. The molecule has 1 aromatic heterocycles. The summed E-state index contributed by atoms with van der Waals surface area (Å²) in [7, 11) is 4.01. The summed E-state index contributed by atoms with van der Waals surface area (Å²) < 4.78 is 0. The Morgan fingerprint density at radius 3 is 2.43 bits per heavy atom. The standard InChI is InChI=1S/C15H16Cl2N4/c1-10(11-4-6-13(7-5-11)21(2)3)19-20-15-14(17)8-12(16)9-18-15/h4-9H,1-3H3,(H,18,20)/b19-10-. The second-order valence-corrected chi connectivity index (χ2v) is 5.58. The third-order valence-corrected chi connectivity index (χ3v) is 3.43. The van der Waals surface area contributed by atoms with Gasteiger partial charge in [-0.05, 0) is 30.7 Å². The van der Waals surface area contributed by atoms with Crippen LogP contribution in [0.15, 0.2) is 41.6 Å². The molecule has 0 unspecified atom stereocenters. The van der Waals surface area contributed by atoms with Gasteiger partial charge >= 0.3 is 0 Å². The summed E-state index contributed by atoms with van der Waals surface area (Å²) in [6, 6.07) is 9.75. The smallest absolute Gasteiger partial charge is 0.165 e. The first-order valence-electron chi connectivity index (χ1n) is 6.36. The maximum absolute atomic E-state index is 6.03. The monoisotopic (exact) mass is 322 g/mol. The lowest BCUT2D eigenvalue weighted by atomic mass is 10.1. The van der Waals surface area contributed by atoms with Crippen molar-refractivity contribution in [2.75, 3.05) is 24.4 Å². The predicted octanol–water partition coefficient (Wildman–Crippen LogP) is 4.29. The van der Waals surface area contributed by atoms with Gasteiger partial charge in [-0.25, -0.2) is 4.98 Å². The Bertz CT molecular complexity index is 651. The van der Waals surface area contributed by atoms with E-state index in [0.717, 1.165) is 17.0 Å². The molecular formula is C15H16Cl2N4. The highest BCUT2D eigenvalue weighted by atomic mass is 35.5. The average Bonchev–Trinajstić information content (AvgIpc) is 2.46. The third kappa shape index (κ3) is 4.09. The molecule has 0 fully saturated rings. The molecule has 0 saturated carbocycles. The summed E-state index contributed by atoms with van der Waals surface area (Å²) in [6.07, 6.45) is 1.52. The first kappa shape index (κ1) is 15.6. The number of halogens is 2. The molecule has 0 amide bonds. The van der Waals surface area contributed by atoms with Gasteiger partial charge in [0.15, 0.2) is 5.82 Å². The molecular weight excluding hydrogens is 307 g/mol. The van der Waals surface area contributed by atoms with Crippen LogP contribution in [0.5, 0.6) is 0 Å². The fraction of sp³-hybridized carbons (Fsp3) is 0.200. The van der Waals surface area contributed by atoms with Crippen molar-refractivity contribution in [1.82, 2.24) is 4.98 Å². The van der Waals surface area contributed by atoms with Crippen LogP contribution in [-0.4, -0.2) is 24.8 Å². The molecule has 2 rings (SSSR count). The van der Waals surface area contributed by atoms with Gasteiger partial charge in [0.25, 0.3) is 0 Å². The van der Waals surface area contributed by atoms with Crippen LogP contribution in [0.4, 0.5) is 11.5 Å². The van der Waals surface area contributed by atoms with Crippen molar-refractivity contribution < 1.29 is 0 Å². The van der Waals surface area contributed by atoms with Gasteiger partial charge in [-0.15, -0.1) is 0 Å². The van der Waals surface area contributed by atoms with Gasteiger partial charge < -0.3 is 4.90 Å². The van der Waals surface area contributed by atoms with Gasteiger partial charge in [0, 0.05) is 26.0 Å². The first-order chi connectivity index (χ1) is 9.97. The molecule has 0 aliphatic heterocycles. The Kier molecular flexibility index (Phi) is 5.04. The second-order valence-electron chi connectivity index (χ2n) is 4.73. The Hall–Kier alpha value is -1.78. The van der Waals surface area contributed by atoms with Crippen LogP contribution >= 0.6 is 23.2 Å². The fourth-order valence-corrected chi connectivity index (χ4v) is 2.12.